The van der Waals surface area contributed by atoms with E-state index in [4.69, 9.17) is 4.74 Å². The Labute approximate surface area is 188 Å². The first kappa shape index (κ1) is 24.1. The standard InChI is InChI=1S/C28H40F2O/c1-3-5-6-20-31-26-19-18-25(27(29)28(26)30)17-12-22-10-15-24(16-11-22)23-13-8-21(7-4-2)9-14-23/h18-19,21-24H,3-11,13-16,20H2,1-2H3. The Kier molecular flexibility index (Phi) is 9.69. The minimum Gasteiger partial charge on any atom is -0.490 e. The summed E-state index contributed by atoms with van der Waals surface area (Å²) in [6, 6.07) is 3.07. The molecule has 0 heterocycles. The van der Waals surface area contributed by atoms with Crippen LogP contribution in [-0.2, 0) is 0 Å². The Morgan fingerprint density at radius 1 is 0.839 bits per heavy atom. The maximum absolute atomic E-state index is 14.4. The van der Waals surface area contributed by atoms with Gasteiger partial charge in [0.1, 0.15) is 0 Å². The van der Waals surface area contributed by atoms with E-state index in [9.17, 15) is 8.78 Å². The summed E-state index contributed by atoms with van der Waals surface area (Å²) in [6.45, 7) is 4.81. The van der Waals surface area contributed by atoms with Crippen LogP contribution in [0.3, 0.4) is 0 Å². The number of unbranched alkanes of at least 4 members (excludes halogenated alkanes) is 2. The summed E-state index contributed by atoms with van der Waals surface area (Å²) in [6.07, 6.45) is 16.0. The van der Waals surface area contributed by atoms with E-state index >= 15 is 0 Å². The van der Waals surface area contributed by atoms with Gasteiger partial charge < -0.3 is 4.74 Å². The summed E-state index contributed by atoms with van der Waals surface area (Å²) in [4.78, 5) is 0. The second kappa shape index (κ2) is 12.5. The van der Waals surface area contributed by atoms with Crippen LogP contribution in [0.1, 0.15) is 103 Å². The molecule has 1 aromatic rings. The first-order valence-electron chi connectivity index (χ1n) is 12.7. The number of halogens is 2. The van der Waals surface area contributed by atoms with Crippen molar-refractivity contribution in [3.05, 3.63) is 29.3 Å². The van der Waals surface area contributed by atoms with Crippen LogP contribution in [0.5, 0.6) is 5.75 Å². The van der Waals surface area contributed by atoms with E-state index in [0.29, 0.717) is 12.5 Å². The minimum absolute atomic E-state index is 0.00619. The number of hydrogen-bond donors (Lipinski definition) is 0. The van der Waals surface area contributed by atoms with Crippen LogP contribution in [-0.4, -0.2) is 6.61 Å². The van der Waals surface area contributed by atoms with Crippen LogP contribution in [0, 0.1) is 47.1 Å². The Morgan fingerprint density at radius 2 is 1.52 bits per heavy atom. The zero-order valence-corrected chi connectivity index (χ0v) is 19.5. The molecule has 2 aliphatic carbocycles. The Bertz CT molecular complexity index is 731. The van der Waals surface area contributed by atoms with Gasteiger partial charge in [0.2, 0.25) is 5.82 Å². The second-order valence-corrected chi connectivity index (χ2v) is 9.75. The Morgan fingerprint density at radius 3 is 2.16 bits per heavy atom. The monoisotopic (exact) mass is 430 g/mol. The van der Waals surface area contributed by atoms with E-state index in [0.717, 1.165) is 49.9 Å². The van der Waals surface area contributed by atoms with Gasteiger partial charge in [0, 0.05) is 5.92 Å². The second-order valence-electron chi connectivity index (χ2n) is 9.75. The maximum Gasteiger partial charge on any atom is 0.201 e. The Balaban J connectivity index is 1.48. The molecule has 0 bridgehead atoms. The molecule has 2 saturated carbocycles. The van der Waals surface area contributed by atoms with Gasteiger partial charge in [-0.05, 0) is 74.8 Å². The fourth-order valence-electron chi connectivity index (χ4n) is 5.55. The van der Waals surface area contributed by atoms with Crippen molar-refractivity contribution in [2.24, 2.45) is 23.7 Å². The highest BCUT2D eigenvalue weighted by Gasteiger charge is 2.30. The summed E-state index contributed by atoms with van der Waals surface area (Å²) < 4.78 is 34.1. The van der Waals surface area contributed by atoms with Crippen LogP contribution in [0.2, 0.25) is 0 Å². The third kappa shape index (κ3) is 6.96. The molecular formula is C28H40F2O. The quantitative estimate of drug-likeness (QED) is 0.298. The molecule has 1 nitrogen and oxygen atoms in total. The number of benzene rings is 1. The lowest BCUT2D eigenvalue weighted by atomic mass is 9.69. The molecule has 172 valence electrons. The summed E-state index contributed by atoms with van der Waals surface area (Å²) in [5.41, 5.74) is 0.148. The third-order valence-corrected chi connectivity index (χ3v) is 7.49. The number of rotatable bonds is 8. The largest absolute Gasteiger partial charge is 0.490 e. The highest BCUT2D eigenvalue weighted by molar-refractivity contribution is 5.41. The van der Waals surface area contributed by atoms with Gasteiger partial charge in [-0.25, -0.2) is 4.39 Å². The van der Waals surface area contributed by atoms with Gasteiger partial charge in [-0.2, -0.15) is 4.39 Å². The van der Waals surface area contributed by atoms with Gasteiger partial charge in [-0.15, -0.1) is 0 Å². The van der Waals surface area contributed by atoms with Crippen LogP contribution in [0.15, 0.2) is 12.1 Å². The van der Waals surface area contributed by atoms with Crippen molar-refractivity contribution in [2.75, 3.05) is 6.61 Å². The highest BCUT2D eigenvalue weighted by Crippen LogP contribution is 2.42. The van der Waals surface area contributed by atoms with E-state index in [2.05, 4.69) is 25.7 Å². The third-order valence-electron chi connectivity index (χ3n) is 7.49. The first-order valence-corrected chi connectivity index (χ1v) is 12.7. The molecule has 3 rings (SSSR count). The predicted molar refractivity (Wildman–Crippen MR) is 124 cm³/mol. The van der Waals surface area contributed by atoms with E-state index in [1.54, 1.807) is 6.07 Å². The molecule has 1 aromatic carbocycles. The number of ether oxygens (including phenoxy) is 1. The lowest BCUT2D eigenvalue weighted by molar-refractivity contribution is 0.154. The van der Waals surface area contributed by atoms with Crippen molar-refractivity contribution in [2.45, 2.75) is 97.3 Å². The van der Waals surface area contributed by atoms with Crippen LogP contribution in [0.25, 0.3) is 0 Å². The number of hydrogen-bond acceptors (Lipinski definition) is 1. The van der Waals surface area contributed by atoms with Crippen molar-refractivity contribution in [3.8, 4) is 17.6 Å². The average Bonchev–Trinajstić information content (AvgIpc) is 2.80. The van der Waals surface area contributed by atoms with Crippen molar-refractivity contribution < 1.29 is 13.5 Å². The van der Waals surface area contributed by atoms with Gasteiger partial charge in [0.15, 0.2) is 11.6 Å². The lowest BCUT2D eigenvalue weighted by Crippen LogP contribution is -2.25. The summed E-state index contributed by atoms with van der Waals surface area (Å²) in [7, 11) is 0. The zero-order valence-electron chi connectivity index (χ0n) is 19.5. The van der Waals surface area contributed by atoms with Crippen molar-refractivity contribution in [1.82, 2.24) is 0 Å². The molecular weight excluding hydrogens is 390 g/mol. The topological polar surface area (TPSA) is 9.23 Å². The van der Waals surface area contributed by atoms with Gasteiger partial charge in [0.05, 0.1) is 12.2 Å². The van der Waals surface area contributed by atoms with Crippen molar-refractivity contribution in [1.29, 1.82) is 0 Å². The molecule has 0 unspecified atom stereocenters. The van der Waals surface area contributed by atoms with Crippen LogP contribution < -0.4 is 4.74 Å². The zero-order chi connectivity index (χ0) is 22.1. The SMILES string of the molecule is CCCCCOc1ccc(C#CC2CCC(C3CCC(CCC)CC3)CC2)c(F)c1F. The summed E-state index contributed by atoms with van der Waals surface area (Å²) in [5, 5.41) is 0. The van der Waals surface area contributed by atoms with Crippen LogP contribution in [0.4, 0.5) is 8.78 Å². The van der Waals surface area contributed by atoms with E-state index in [1.807, 2.05) is 0 Å². The molecule has 2 fully saturated rings. The molecule has 3 heteroatoms. The molecule has 0 aromatic heterocycles. The smallest absolute Gasteiger partial charge is 0.201 e. The fourth-order valence-corrected chi connectivity index (χ4v) is 5.55. The maximum atomic E-state index is 14.4. The van der Waals surface area contributed by atoms with Crippen molar-refractivity contribution >= 4 is 0 Å². The van der Waals surface area contributed by atoms with E-state index in [1.165, 1.54) is 57.4 Å². The molecule has 31 heavy (non-hydrogen) atoms. The molecule has 0 aliphatic heterocycles. The Hall–Kier alpha value is -1.56. The molecule has 0 spiro atoms. The highest BCUT2D eigenvalue weighted by atomic mass is 19.2. The molecule has 0 N–H and O–H groups in total. The fraction of sp³-hybridized carbons (Fsp3) is 0.714. The molecule has 0 saturated heterocycles. The van der Waals surface area contributed by atoms with E-state index in [-0.39, 0.29) is 11.3 Å². The minimum atomic E-state index is -0.911. The summed E-state index contributed by atoms with van der Waals surface area (Å²) in [5.74, 6) is 7.38. The van der Waals surface area contributed by atoms with Gasteiger partial charge in [0.25, 0.3) is 0 Å². The summed E-state index contributed by atoms with van der Waals surface area (Å²) >= 11 is 0. The lowest BCUT2D eigenvalue weighted by Gasteiger charge is -2.37. The molecule has 0 radical (unpaired) electrons. The van der Waals surface area contributed by atoms with Gasteiger partial charge in [-0.1, -0.05) is 64.2 Å². The van der Waals surface area contributed by atoms with Gasteiger partial charge >= 0.3 is 0 Å². The average molecular weight is 431 g/mol. The molecule has 0 atom stereocenters. The van der Waals surface area contributed by atoms with Crippen LogP contribution >= 0.6 is 0 Å². The normalized spacial score (nSPS) is 26.2. The first-order chi connectivity index (χ1) is 15.1. The molecule has 2 aliphatic rings. The van der Waals surface area contributed by atoms with Gasteiger partial charge in [-0.3, -0.25) is 0 Å². The van der Waals surface area contributed by atoms with E-state index < -0.39 is 11.6 Å². The molecule has 0 amide bonds. The predicted octanol–water partition coefficient (Wildman–Crippen LogP) is 8.30. The van der Waals surface area contributed by atoms with Crippen molar-refractivity contribution in [3.63, 3.8) is 0 Å².